The molecular formula is C10H9BrOS. The number of Topliss-reactive ketones (excluding diaryl/α,β-unsaturated/α-hetero) is 1. The highest BCUT2D eigenvalue weighted by Gasteiger charge is 2.05. The molecule has 0 fully saturated rings. The second-order valence-corrected chi connectivity index (χ2v) is 4.17. The minimum atomic E-state index is 0.0955. The first-order valence-electron chi connectivity index (χ1n) is 3.89. The van der Waals surface area contributed by atoms with Crippen LogP contribution in [0.5, 0.6) is 0 Å². The lowest BCUT2D eigenvalue weighted by molar-refractivity contribution is 0.102. The first-order valence-corrected chi connectivity index (χ1v) is 5.89. The fourth-order valence-electron chi connectivity index (χ4n) is 0.885. The van der Waals surface area contributed by atoms with Crippen LogP contribution in [0.15, 0.2) is 11.4 Å². The number of hydrogen-bond donors (Lipinski definition) is 0. The third-order valence-electron chi connectivity index (χ3n) is 1.43. The van der Waals surface area contributed by atoms with Gasteiger partial charge in [-0.1, -0.05) is 27.8 Å². The van der Waals surface area contributed by atoms with Gasteiger partial charge >= 0.3 is 0 Å². The Labute approximate surface area is 90.3 Å². The molecule has 3 heteroatoms. The average molecular weight is 257 g/mol. The van der Waals surface area contributed by atoms with Gasteiger partial charge in [0.15, 0.2) is 5.78 Å². The molecule has 0 unspecified atom stereocenters. The van der Waals surface area contributed by atoms with Crippen LogP contribution in [0.3, 0.4) is 0 Å². The van der Waals surface area contributed by atoms with Crippen molar-refractivity contribution >= 4 is 33.0 Å². The Bertz CT molecular complexity index is 356. The standard InChI is InChI=1S/C10H9BrOS/c1-8(12)10-9(5-7-13-10)4-2-3-6-11/h5,7H,3,6H2,1H3. The lowest BCUT2D eigenvalue weighted by Gasteiger charge is -1.88. The summed E-state index contributed by atoms with van der Waals surface area (Å²) in [7, 11) is 0. The van der Waals surface area contributed by atoms with Crippen molar-refractivity contribution in [1.29, 1.82) is 0 Å². The molecule has 1 rings (SSSR count). The van der Waals surface area contributed by atoms with Crippen molar-refractivity contribution in [2.24, 2.45) is 0 Å². The summed E-state index contributed by atoms with van der Waals surface area (Å²) in [5, 5.41) is 2.77. The number of carbonyl (C=O) groups is 1. The Kier molecular flexibility index (Phi) is 4.20. The van der Waals surface area contributed by atoms with Gasteiger partial charge in [-0.25, -0.2) is 0 Å². The Morgan fingerprint density at radius 2 is 2.46 bits per heavy atom. The summed E-state index contributed by atoms with van der Waals surface area (Å²) < 4.78 is 0. The van der Waals surface area contributed by atoms with Crippen molar-refractivity contribution in [3.8, 4) is 11.8 Å². The molecule has 0 saturated carbocycles. The third kappa shape index (κ3) is 2.98. The number of alkyl halides is 1. The van der Waals surface area contributed by atoms with Crippen molar-refractivity contribution in [1.82, 2.24) is 0 Å². The molecule has 0 radical (unpaired) electrons. The molecular weight excluding hydrogens is 248 g/mol. The summed E-state index contributed by atoms with van der Waals surface area (Å²) in [4.78, 5) is 11.9. The van der Waals surface area contributed by atoms with Crippen molar-refractivity contribution in [2.75, 3.05) is 5.33 Å². The maximum Gasteiger partial charge on any atom is 0.170 e. The molecule has 1 nitrogen and oxygen atoms in total. The van der Waals surface area contributed by atoms with Gasteiger partial charge in [-0.3, -0.25) is 4.79 Å². The molecule has 0 N–H and O–H groups in total. The van der Waals surface area contributed by atoms with E-state index in [0.717, 1.165) is 22.2 Å². The monoisotopic (exact) mass is 256 g/mol. The first-order chi connectivity index (χ1) is 6.25. The van der Waals surface area contributed by atoms with Crippen LogP contribution in [0.1, 0.15) is 28.6 Å². The third-order valence-corrected chi connectivity index (χ3v) is 2.84. The van der Waals surface area contributed by atoms with Crippen molar-refractivity contribution in [3.05, 3.63) is 21.9 Å². The van der Waals surface area contributed by atoms with E-state index in [2.05, 4.69) is 27.8 Å². The van der Waals surface area contributed by atoms with E-state index >= 15 is 0 Å². The van der Waals surface area contributed by atoms with Crippen LogP contribution < -0.4 is 0 Å². The van der Waals surface area contributed by atoms with Gasteiger partial charge in [0.05, 0.1) is 4.88 Å². The van der Waals surface area contributed by atoms with Crippen LogP contribution in [-0.2, 0) is 0 Å². The fourth-order valence-corrected chi connectivity index (χ4v) is 1.84. The van der Waals surface area contributed by atoms with Gasteiger partial charge in [-0.05, 0) is 18.4 Å². The molecule has 0 spiro atoms. The van der Waals surface area contributed by atoms with E-state index in [4.69, 9.17) is 0 Å². The number of ketones is 1. The Hall–Kier alpha value is -0.590. The zero-order valence-electron chi connectivity index (χ0n) is 7.26. The summed E-state index contributed by atoms with van der Waals surface area (Å²) in [6.45, 7) is 1.57. The van der Waals surface area contributed by atoms with Gasteiger partial charge in [-0.2, -0.15) is 0 Å². The highest BCUT2D eigenvalue weighted by Crippen LogP contribution is 2.15. The lowest BCUT2D eigenvalue weighted by Crippen LogP contribution is -1.89. The van der Waals surface area contributed by atoms with Crippen LogP contribution in [0.4, 0.5) is 0 Å². The molecule has 0 aliphatic heterocycles. The maximum absolute atomic E-state index is 11.1. The second kappa shape index (κ2) is 5.21. The van der Waals surface area contributed by atoms with E-state index in [-0.39, 0.29) is 5.78 Å². The maximum atomic E-state index is 11.1. The summed E-state index contributed by atoms with van der Waals surface area (Å²) in [5.41, 5.74) is 0.860. The number of thiophene rings is 1. The van der Waals surface area contributed by atoms with E-state index in [9.17, 15) is 4.79 Å². The van der Waals surface area contributed by atoms with Crippen molar-refractivity contribution in [3.63, 3.8) is 0 Å². The first kappa shape index (κ1) is 10.5. The Morgan fingerprint density at radius 1 is 1.69 bits per heavy atom. The molecule has 0 atom stereocenters. The minimum absolute atomic E-state index is 0.0955. The topological polar surface area (TPSA) is 17.1 Å². The highest BCUT2D eigenvalue weighted by atomic mass is 79.9. The average Bonchev–Trinajstić information content (AvgIpc) is 2.53. The zero-order chi connectivity index (χ0) is 9.68. The summed E-state index contributed by atoms with van der Waals surface area (Å²) >= 11 is 4.75. The van der Waals surface area contributed by atoms with Gasteiger partial charge in [0, 0.05) is 17.3 Å². The summed E-state index contributed by atoms with van der Waals surface area (Å²) in [5.74, 6) is 6.07. The predicted octanol–water partition coefficient (Wildman–Crippen LogP) is 3.09. The van der Waals surface area contributed by atoms with Gasteiger partial charge in [0.2, 0.25) is 0 Å². The van der Waals surface area contributed by atoms with E-state index in [1.807, 2.05) is 11.4 Å². The zero-order valence-corrected chi connectivity index (χ0v) is 9.67. The van der Waals surface area contributed by atoms with Crippen molar-refractivity contribution in [2.45, 2.75) is 13.3 Å². The lowest BCUT2D eigenvalue weighted by atomic mass is 10.2. The molecule has 0 bridgehead atoms. The van der Waals surface area contributed by atoms with Crippen molar-refractivity contribution < 1.29 is 4.79 Å². The van der Waals surface area contributed by atoms with Gasteiger partial charge in [-0.15, -0.1) is 11.3 Å². The van der Waals surface area contributed by atoms with E-state index in [0.29, 0.717) is 0 Å². The Balaban J connectivity index is 2.84. The smallest absolute Gasteiger partial charge is 0.170 e. The molecule has 0 aliphatic carbocycles. The largest absolute Gasteiger partial charge is 0.294 e. The quantitative estimate of drug-likeness (QED) is 0.452. The molecule has 13 heavy (non-hydrogen) atoms. The van der Waals surface area contributed by atoms with Crippen LogP contribution in [-0.4, -0.2) is 11.1 Å². The van der Waals surface area contributed by atoms with Crippen LogP contribution in [0, 0.1) is 11.8 Å². The van der Waals surface area contributed by atoms with Gasteiger partial charge < -0.3 is 0 Å². The molecule has 0 aromatic carbocycles. The highest BCUT2D eigenvalue weighted by molar-refractivity contribution is 9.09. The molecule has 0 amide bonds. The van der Waals surface area contributed by atoms with Gasteiger partial charge in [0.1, 0.15) is 0 Å². The fraction of sp³-hybridized carbons (Fsp3) is 0.300. The summed E-state index contributed by atoms with van der Waals surface area (Å²) in [6, 6.07) is 1.89. The molecule has 1 aromatic heterocycles. The SMILES string of the molecule is CC(=O)c1sccc1C#CCCBr. The van der Waals surface area contributed by atoms with E-state index in [1.54, 1.807) is 6.92 Å². The summed E-state index contributed by atoms with van der Waals surface area (Å²) in [6.07, 6.45) is 0.813. The second-order valence-electron chi connectivity index (χ2n) is 2.46. The Morgan fingerprint density at radius 3 is 3.08 bits per heavy atom. The van der Waals surface area contributed by atoms with E-state index in [1.165, 1.54) is 11.3 Å². The normalized spacial score (nSPS) is 9.08. The molecule has 68 valence electrons. The molecule has 1 heterocycles. The van der Waals surface area contributed by atoms with E-state index < -0.39 is 0 Å². The minimum Gasteiger partial charge on any atom is -0.294 e. The van der Waals surface area contributed by atoms with Crippen LogP contribution in [0.25, 0.3) is 0 Å². The number of halogens is 1. The van der Waals surface area contributed by atoms with Gasteiger partial charge in [0.25, 0.3) is 0 Å². The van der Waals surface area contributed by atoms with Crippen LogP contribution >= 0.6 is 27.3 Å². The molecule has 1 aromatic rings. The molecule has 0 saturated heterocycles. The number of hydrogen-bond acceptors (Lipinski definition) is 2. The predicted molar refractivity (Wildman–Crippen MR) is 59.6 cm³/mol. The number of rotatable bonds is 2. The number of carbonyl (C=O) groups excluding carboxylic acids is 1. The molecule has 0 aliphatic rings. The van der Waals surface area contributed by atoms with Crippen LogP contribution in [0.2, 0.25) is 0 Å².